The molecule has 5 heteroatoms. The highest BCUT2D eigenvalue weighted by Gasteiger charge is 2.19. The molecule has 1 aromatic heterocycles. The number of rotatable bonds is 2. The molecule has 0 saturated carbocycles. The average Bonchev–Trinajstić information content (AvgIpc) is 2.14. The largest absolute Gasteiger partial charge is 0.464 e. The number of aromatic nitrogens is 2. The molecule has 15 heavy (non-hydrogen) atoms. The van der Waals surface area contributed by atoms with Gasteiger partial charge >= 0.3 is 5.97 Å². The number of anilines is 1. The molecule has 1 saturated heterocycles. The van der Waals surface area contributed by atoms with E-state index >= 15 is 0 Å². The molecule has 1 fully saturated rings. The first kappa shape index (κ1) is 9.89. The molecule has 0 radical (unpaired) electrons. The molecule has 0 unspecified atom stereocenters. The Balaban J connectivity index is 2.25. The van der Waals surface area contributed by atoms with Gasteiger partial charge < -0.3 is 9.64 Å². The zero-order valence-corrected chi connectivity index (χ0v) is 8.86. The van der Waals surface area contributed by atoms with Gasteiger partial charge in [0, 0.05) is 13.1 Å². The van der Waals surface area contributed by atoms with Gasteiger partial charge in [0.1, 0.15) is 5.82 Å². The summed E-state index contributed by atoms with van der Waals surface area (Å²) in [6.07, 6.45) is 2.82. The van der Waals surface area contributed by atoms with Gasteiger partial charge in [0.15, 0.2) is 5.69 Å². The van der Waals surface area contributed by atoms with E-state index in [-0.39, 0.29) is 0 Å². The Morgan fingerprint density at radius 1 is 1.53 bits per heavy atom. The van der Waals surface area contributed by atoms with Gasteiger partial charge in [-0.25, -0.2) is 14.8 Å². The van der Waals surface area contributed by atoms with Gasteiger partial charge in [-0.3, -0.25) is 0 Å². The van der Waals surface area contributed by atoms with Gasteiger partial charge in [-0.1, -0.05) is 0 Å². The third-order valence-corrected chi connectivity index (χ3v) is 2.49. The summed E-state index contributed by atoms with van der Waals surface area (Å²) in [5.41, 5.74) is 0.910. The summed E-state index contributed by atoms with van der Waals surface area (Å²) in [6.45, 7) is 3.81. The molecule has 2 rings (SSSR count). The Kier molecular flexibility index (Phi) is 2.53. The lowest BCUT2D eigenvalue weighted by molar-refractivity contribution is 0.0592. The highest BCUT2D eigenvalue weighted by atomic mass is 16.5. The number of esters is 1. The van der Waals surface area contributed by atoms with Crippen LogP contribution in [-0.4, -0.2) is 36.1 Å². The maximum atomic E-state index is 11.3. The van der Waals surface area contributed by atoms with E-state index < -0.39 is 5.97 Å². The highest BCUT2D eigenvalue weighted by molar-refractivity contribution is 5.88. The maximum absolute atomic E-state index is 11.3. The van der Waals surface area contributed by atoms with Crippen LogP contribution in [0.3, 0.4) is 0 Å². The number of aryl methyl sites for hydroxylation is 1. The predicted molar refractivity (Wildman–Crippen MR) is 54.9 cm³/mol. The number of carbonyl (C=O) groups excluding carboxylic acids is 1. The quantitative estimate of drug-likeness (QED) is 0.671. The van der Waals surface area contributed by atoms with Gasteiger partial charge in [0.05, 0.1) is 19.0 Å². The summed E-state index contributed by atoms with van der Waals surface area (Å²) in [4.78, 5) is 21.8. The first-order valence-electron chi connectivity index (χ1n) is 4.89. The smallest absolute Gasteiger partial charge is 0.358 e. The SMILES string of the molecule is COC(=O)c1ncc(N2CCC2)nc1C. The summed E-state index contributed by atoms with van der Waals surface area (Å²) < 4.78 is 4.60. The van der Waals surface area contributed by atoms with Crippen molar-refractivity contribution in [2.45, 2.75) is 13.3 Å². The first-order valence-corrected chi connectivity index (χ1v) is 4.89. The molecule has 0 bridgehead atoms. The van der Waals surface area contributed by atoms with Gasteiger partial charge in [-0.2, -0.15) is 0 Å². The Morgan fingerprint density at radius 3 is 2.73 bits per heavy atom. The zero-order valence-electron chi connectivity index (χ0n) is 8.86. The normalized spacial score (nSPS) is 14.7. The Bertz CT molecular complexity index is 388. The molecular weight excluding hydrogens is 194 g/mol. The molecule has 1 aliphatic heterocycles. The van der Waals surface area contributed by atoms with Crippen LogP contribution in [0.25, 0.3) is 0 Å². The lowest BCUT2D eigenvalue weighted by atomic mass is 10.2. The second kappa shape index (κ2) is 3.84. The monoisotopic (exact) mass is 207 g/mol. The molecule has 0 amide bonds. The van der Waals surface area contributed by atoms with Crippen molar-refractivity contribution < 1.29 is 9.53 Å². The van der Waals surface area contributed by atoms with E-state index in [1.165, 1.54) is 13.5 Å². The molecule has 0 N–H and O–H groups in total. The van der Waals surface area contributed by atoms with Gasteiger partial charge in [-0.05, 0) is 13.3 Å². The molecule has 5 nitrogen and oxygen atoms in total. The zero-order chi connectivity index (χ0) is 10.8. The van der Waals surface area contributed by atoms with Crippen molar-refractivity contribution in [3.63, 3.8) is 0 Å². The predicted octanol–water partition coefficient (Wildman–Crippen LogP) is 0.782. The standard InChI is InChI=1S/C10H13N3O2/c1-7-9(10(14)15-2)11-6-8(12-7)13-4-3-5-13/h6H,3-5H2,1-2H3. The highest BCUT2D eigenvalue weighted by Crippen LogP contribution is 2.18. The Morgan fingerprint density at radius 2 is 2.27 bits per heavy atom. The molecule has 80 valence electrons. The van der Waals surface area contributed by atoms with Crippen LogP contribution in [0.4, 0.5) is 5.82 Å². The molecular formula is C10H13N3O2. The van der Waals surface area contributed by atoms with Gasteiger partial charge in [0.2, 0.25) is 0 Å². The molecule has 2 heterocycles. The van der Waals surface area contributed by atoms with Crippen LogP contribution in [0.5, 0.6) is 0 Å². The van der Waals surface area contributed by atoms with Gasteiger partial charge in [-0.15, -0.1) is 0 Å². The Hall–Kier alpha value is -1.65. The summed E-state index contributed by atoms with van der Waals surface area (Å²) >= 11 is 0. The number of hydrogen-bond acceptors (Lipinski definition) is 5. The third-order valence-electron chi connectivity index (χ3n) is 2.49. The van der Waals surface area contributed by atoms with E-state index in [1.54, 1.807) is 13.1 Å². The van der Waals surface area contributed by atoms with E-state index in [0.717, 1.165) is 18.9 Å². The average molecular weight is 207 g/mol. The van der Waals surface area contributed by atoms with Crippen molar-refractivity contribution in [2.24, 2.45) is 0 Å². The fraction of sp³-hybridized carbons (Fsp3) is 0.500. The summed E-state index contributed by atoms with van der Waals surface area (Å²) in [6, 6.07) is 0. The lowest BCUT2D eigenvalue weighted by Crippen LogP contribution is -2.38. The second-order valence-corrected chi connectivity index (χ2v) is 3.49. The lowest BCUT2D eigenvalue weighted by Gasteiger charge is -2.31. The van der Waals surface area contributed by atoms with Crippen molar-refractivity contribution in [1.82, 2.24) is 9.97 Å². The number of hydrogen-bond donors (Lipinski definition) is 0. The van der Waals surface area contributed by atoms with Crippen LogP contribution in [0, 0.1) is 6.92 Å². The molecule has 0 aliphatic carbocycles. The Labute approximate surface area is 88.1 Å². The van der Waals surface area contributed by atoms with Crippen LogP contribution in [-0.2, 0) is 4.74 Å². The van der Waals surface area contributed by atoms with E-state index in [0.29, 0.717) is 11.4 Å². The van der Waals surface area contributed by atoms with Crippen LogP contribution >= 0.6 is 0 Å². The number of carbonyl (C=O) groups is 1. The fourth-order valence-electron chi connectivity index (χ4n) is 1.46. The summed E-state index contributed by atoms with van der Waals surface area (Å²) in [5.74, 6) is 0.404. The van der Waals surface area contributed by atoms with Crippen LogP contribution in [0.2, 0.25) is 0 Å². The van der Waals surface area contributed by atoms with Crippen molar-refractivity contribution in [1.29, 1.82) is 0 Å². The summed E-state index contributed by atoms with van der Waals surface area (Å²) in [5, 5.41) is 0. The van der Waals surface area contributed by atoms with Crippen LogP contribution < -0.4 is 4.90 Å². The topological polar surface area (TPSA) is 55.3 Å². The molecule has 1 aromatic rings. The third kappa shape index (κ3) is 1.77. The molecule has 0 spiro atoms. The number of nitrogens with zero attached hydrogens (tertiary/aromatic N) is 3. The van der Waals surface area contributed by atoms with Crippen molar-refractivity contribution in [3.8, 4) is 0 Å². The minimum atomic E-state index is -0.435. The van der Waals surface area contributed by atoms with Crippen LogP contribution in [0.15, 0.2) is 6.20 Å². The minimum Gasteiger partial charge on any atom is -0.464 e. The fourth-order valence-corrected chi connectivity index (χ4v) is 1.46. The number of ether oxygens (including phenoxy) is 1. The molecule has 0 aromatic carbocycles. The minimum absolute atomic E-state index is 0.293. The van der Waals surface area contributed by atoms with E-state index in [4.69, 9.17) is 0 Å². The maximum Gasteiger partial charge on any atom is 0.358 e. The van der Waals surface area contributed by atoms with Gasteiger partial charge in [0.25, 0.3) is 0 Å². The molecule has 1 aliphatic rings. The van der Waals surface area contributed by atoms with E-state index in [9.17, 15) is 4.79 Å². The second-order valence-electron chi connectivity index (χ2n) is 3.49. The van der Waals surface area contributed by atoms with E-state index in [1.807, 2.05) is 0 Å². The van der Waals surface area contributed by atoms with Crippen LogP contribution in [0.1, 0.15) is 22.6 Å². The summed E-state index contributed by atoms with van der Waals surface area (Å²) in [7, 11) is 1.34. The van der Waals surface area contributed by atoms with Crippen molar-refractivity contribution in [2.75, 3.05) is 25.1 Å². The van der Waals surface area contributed by atoms with Crippen molar-refractivity contribution >= 4 is 11.8 Å². The molecule has 0 atom stereocenters. The first-order chi connectivity index (χ1) is 7.22. The van der Waals surface area contributed by atoms with E-state index in [2.05, 4.69) is 19.6 Å². The van der Waals surface area contributed by atoms with Crippen molar-refractivity contribution in [3.05, 3.63) is 17.6 Å². The number of methoxy groups -OCH3 is 1.